The summed E-state index contributed by atoms with van der Waals surface area (Å²) in [5.41, 5.74) is 1.19. The van der Waals surface area contributed by atoms with E-state index in [4.69, 9.17) is 0 Å². The van der Waals surface area contributed by atoms with Crippen molar-refractivity contribution in [2.24, 2.45) is 4.99 Å². The molecule has 0 aliphatic carbocycles. The van der Waals surface area contributed by atoms with Crippen LogP contribution in [0.4, 0.5) is 0 Å². The molecule has 0 aromatic heterocycles. The van der Waals surface area contributed by atoms with Gasteiger partial charge in [0.25, 0.3) is 0 Å². The number of hydrogen-bond donors (Lipinski definition) is 1. The Morgan fingerprint density at radius 3 is 2.27 bits per heavy atom. The van der Waals surface area contributed by atoms with E-state index in [-0.39, 0.29) is 36.3 Å². The molecule has 0 amide bonds. The zero-order valence-corrected chi connectivity index (χ0v) is 20.5. The van der Waals surface area contributed by atoms with E-state index in [2.05, 4.69) is 40.8 Å². The normalized spacial score (nSPS) is 12.5. The molecule has 0 saturated heterocycles. The number of nitrogens with zero attached hydrogens (tertiary/aromatic N) is 2. The molecule has 0 aliphatic rings. The lowest BCUT2D eigenvalue weighted by molar-refractivity contribution is 0.477. The number of nitrogens with one attached hydrogen (secondary N) is 1. The standard InChI is InChI=1S/C18H31N3O2S2.HI/c1-7-19-17(20-12-13-25(22,23)18(2,3)4)21(5)14-15-8-10-16(24-6)11-9-15;/h8-11H,7,12-14H2,1-6H3,(H,19,20);1H. The summed E-state index contributed by atoms with van der Waals surface area (Å²) in [6, 6.07) is 8.42. The van der Waals surface area contributed by atoms with Crippen molar-refractivity contribution in [3.63, 3.8) is 0 Å². The number of guanidine groups is 1. The van der Waals surface area contributed by atoms with E-state index in [1.807, 2.05) is 18.9 Å². The number of halogens is 1. The van der Waals surface area contributed by atoms with Crippen molar-refractivity contribution in [1.82, 2.24) is 10.2 Å². The Kier molecular flexibility index (Phi) is 11.2. The quantitative estimate of drug-likeness (QED) is 0.261. The highest BCUT2D eigenvalue weighted by atomic mass is 127. The minimum atomic E-state index is -3.16. The first-order valence-corrected chi connectivity index (χ1v) is 11.3. The number of sulfone groups is 1. The van der Waals surface area contributed by atoms with Gasteiger partial charge in [-0.3, -0.25) is 4.99 Å². The highest BCUT2D eigenvalue weighted by molar-refractivity contribution is 14.0. The third-order valence-electron chi connectivity index (χ3n) is 3.83. The van der Waals surface area contributed by atoms with Crippen LogP contribution in [0.15, 0.2) is 34.2 Å². The smallest absolute Gasteiger partial charge is 0.193 e. The summed E-state index contributed by atoms with van der Waals surface area (Å²) < 4.78 is 23.7. The molecule has 1 N–H and O–H groups in total. The third kappa shape index (κ3) is 8.04. The number of aliphatic imine (C=N–C) groups is 1. The van der Waals surface area contributed by atoms with Gasteiger partial charge in [0, 0.05) is 25.0 Å². The molecule has 0 spiro atoms. The van der Waals surface area contributed by atoms with E-state index in [1.165, 1.54) is 10.5 Å². The summed E-state index contributed by atoms with van der Waals surface area (Å²) in [7, 11) is -1.20. The van der Waals surface area contributed by atoms with Gasteiger partial charge in [-0.1, -0.05) is 12.1 Å². The fourth-order valence-corrected chi connectivity index (χ4v) is 3.48. The molecule has 1 aromatic carbocycles. The molecule has 150 valence electrons. The SMILES string of the molecule is CCNC(=NCCS(=O)(=O)C(C)(C)C)N(C)Cc1ccc(SC)cc1.I. The Balaban J connectivity index is 0.00000625. The Morgan fingerprint density at radius 2 is 1.81 bits per heavy atom. The van der Waals surface area contributed by atoms with Crippen LogP contribution in [0.3, 0.4) is 0 Å². The number of thioether (sulfide) groups is 1. The first-order valence-electron chi connectivity index (χ1n) is 8.45. The molecule has 1 rings (SSSR count). The van der Waals surface area contributed by atoms with Gasteiger partial charge in [0.05, 0.1) is 17.0 Å². The van der Waals surface area contributed by atoms with Gasteiger partial charge in [-0.15, -0.1) is 35.7 Å². The van der Waals surface area contributed by atoms with Crippen molar-refractivity contribution in [3.8, 4) is 0 Å². The van der Waals surface area contributed by atoms with E-state index < -0.39 is 14.6 Å². The van der Waals surface area contributed by atoms with Crippen LogP contribution in [0.2, 0.25) is 0 Å². The summed E-state index contributed by atoms with van der Waals surface area (Å²) >= 11 is 1.72. The van der Waals surface area contributed by atoms with Crippen LogP contribution in [0.1, 0.15) is 33.3 Å². The molecule has 8 heteroatoms. The number of hydrogen-bond acceptors (Lipinski definition) is 4. The van der Waals surface area contributed by atoms with E-state index >= 15 is 0 Å². The van der Waals surface area contributed by atoms with Gasteiger partial charge >= 0.3 is 0 Å². The molecule has 0 unspecified atom stereocenters. The average Bonchev–Trinajstić information content (AvgIpc) is 2.53. The fourth-order valence-electron chi connectivity index (χ4n) is 2.13. The van der Waals surface area contributed by atoms with Crippen LogP contribution in [-0.4, -0.2) is 56.2 Å². The second kappa shape index (κ2) is 11.4. The second-order valence-electron chi connectivity index (χ2n) is 6.87. The minimum absolute atomic E-state index is 0. The molecule has 0 aliphatic heterocycles. The lowest BCUT2D eigenvalue weighted by atomic mass is 10.2. The summed E-state index contributed by atoms with van der Waals surface area (Å²) in [6.45, 7) is 8.89. The summed E-state index contributed by atoms with van der Waals surface area (Å²) in [4.78, 5) is 7.74. The van der Waals surface area contributed by atoms with Gasteiger partial charge in [-0.2, -0.15) is 0 Å². The lowest BCUT2D eigenvalue weighted by Crippen LogP contribution is -2.39. The third-order valence-corrected chi connectivity index (χ3v) is 7.16. The molecule has 26 heavy (non-hydrogen) atoms. The molecule has 1 aromatic rings. The maximum absolute atomic E-state index is 12.2. The molecule has 0 bridgehead atoms. The molecule has 0 saturated carbocycles. The van der Waals surface area contributed by atoms with Gasteiger partial charge in [0.2, 0.25) is 0 Å². The highest BCUT2D eigenvalue weighted by Gasteiger charge is 2.28. The van der Waals surface area contributed by atoms with E-state index in [1.54, 1.807) is 32.5 Å². The van der Waals surface area contributed by atoms with Crippen LogP contribution < -0.4 is 5.32 Å². The topological polar surface area (TPSA) is 61.8 Å². The molecule has 0 heterocycles. The van der Waals surface area contributed by atoms with Crippen LogP contribution in [0.5, 0.6) is 0 Å². The first-order chi connectivity index (χ1) is 11.6. The molecule has 0 fully saturated rings. The van der Waals surface area contributed by atoms with Gasteiger partial charge in [-0.25, -0.2) is 8.42 Å². The van der Waals surface area contributed by atoms with Gasteiger partial charge in [-0.05, 0) is 51.6 Å². The van der Waals surface area contributed by atoms with Crippen molar-refractivity contribution in [3.05, 3.63) is 29.8 Å². The average molecular weight is 514 g/mol. The molecular weight excluding hydrogens is 481 g/mol. The molecular formula is C18H32IN3O2S2. The van der Waals surface area contributed by atoms with E-state index in [0.29, 0.717) is 6.54 Å². The summed E-state index contributed by atoms with van der Waals surface area (Å²) in [5, 5.41) is 3.23. The second-order valence-corrected chi connectivity index (χ2v) is 10.6. The van der Waals surface area contributed by atoms with Gasteiger partial charge in [0.1, 0.15) is 0 Å². The highest BCUT2D eigenvalue weighted by Crippen LogP contribution is 2.16. The van der Waals surface area contributed by atoms with Crippen molar-refractivity contribution in [1.29, 1.82) is 0 Å². The predicted molar refractivity (Wildman–Crippen MR) is 125 cm³/mol. The molecule has 0 radical (unpaired) electrons. The van der Waals surface area contributed by atoms with E-state index in [9.17, 15) is 8.42 Å². The summed E-state index contributed by atoms with van der Waals surface area (Å²) in [5.74, 6) is 0.780. The van der Waals surface area contributed by atoms with E-state index in [0.717, 1.165) is 12.5 Å². The van der Waals surface area contributed by atoms with Crippen LogP contribution >= 0.6 is 35.7 Å². The predicted octanol–water partition coefficient (Wildman–Crippen LogP) is 3.64. The monoisotopic (exact) mass is 513 g/mol. The Labute approximate surface area is 180 Å². The van der Waals surface area contributed by atoms with Crippen LogP contribution in [0.25, 0.3) is 0 Å². The number of rotatable bonds is 7. The minimum Gasteiger partial charge on any atom is -0.357 e. The van der Waals surface area contributed by atoms with Crippen molar-refractivity contribution in [2.75, 3.05) is 32.1 Å². The van der Waals surface area contributed by atoms with Crippen molar-refractivity contribution >= 4 is 51.5 Å². The Bertz CT molecular complexity index is 669. The maximum Gasteiger partial charge on any atom is 0.193 e. The fraction of sp³-hybridized carbons (Fsp3) is 0.611. The first kappa shape index (κ1) is 25.5. The van der Waals surface area contributed by atoms with Gasteiger partial charge in [0.15, 0.2) is 15.8 Å². The van der Waals surface area contributed by atoms with Crippen molar-refractivity contribution in [2.45, 2.75) is 43.9 Å². The van der Waals surface area contributed by atoms with Crippen LogP contribution in [0, 0.1) is 0 Å². The molecule has 0 atom stereocenters. The Morgan fingerprint density at radius 1 is 1.23 bits per heavy atom. The zero-order valence-electron chi connectivity index (χ0n) is 16.6. The summed E-state index contributed by atoms with van der Waals surface area (Å²) in [6.07, 6.45) is 2.06. The molecule has 5 nitrogen and oxygen atoms in total. The maximum atomic E-state index is 12.2. The Hall–Kier alpha value is -0.480. The lowest BCUT2D eigenvalue weighted by Gasteiger charge is -2.23. The van der Waals surface area contributed by atoms with Crippen molar-refractivity contribution < 1.29 is 8.42 Å². The largest absolute Gasteiger partial charge is 0.357 e. The zero-order chi connectivity index (χ0) is 19.1. The van der Waals surface area contributed by atoms with Gasteiger partial charge < -0.3 is 10.2 Å². The number of benzene rings is 1. The van der Waals surface area contributed by atoms with Crippen LogP contribution in [-0.2, 0) is 16.4 Å².